The van der Waals surface area contributed by atoms with Crippen LogP contribution in [0.1, 0.15) is 24.8 Å². The first-order chi connectivity index (χ1) is 9.31. The van der Waals surface area contributed by atoms with Crippen molar-refractivity contribution in [2.24, 2.45) is 5.41 Å². The van der Waals surface area contributed by atoms with E-state index in [4.69, 9.17) is 9.47 Å². The van der Waals surface area contributed by atoms with E-state index in [0.717, 1.165) is 43.9 Å². The predicted molar refractivity (Wildman–Crippen MR) is 72.5 cm³/mol. The van der Waals surface area contributed by atoms with Gasteiger partial charge in [0.05, 0.1) is 0 Å². The number of hydrogen-bond donors (Lipinski definition) is 2. The zero-order valence-electron chi connectivity index (χ0n) is 11.2. The van der Waals surface area contributed by atoms with Crippen LogP contribution in [0.15, 0.2) is 18.2 Å². The summed E-state index contributed by atoms with van der Waals surface area (Å²) in [6.07, 6.45) is 4.53. The van der Waals surface area contributed by atoms with E-state index >= 15 is 0 Å². The second kappa shape index (κ2) is 5.39. The SMILES string of the molecule is OCC1(CNCCc2ccc3c(c2)OCO3)CCC1. The summed E-state index contributed by atoms with van der Waals surface area (Å²) in [7, 11) is 0. The molecule has 4 nitrogen and oxygen atoms in total. The first-order valence-corrected chi connectivity index (χ1v) is 7.01. The summed E-state index contributed by atoms with van der Waals surface area (Å²) in [6.45, 7) is 2.50. The van der Waals surface area contributed by atoms with E-state index < -0.39 is 0 Å². The minimum Gasteiger partial charge on any atom is -0.454 e. The third-order valence-corrected chi connectivity index (χ3v) is 4.28. The van der Waals surface area contributed by atoms with E-state index in [1.807, 2.05) is 6.07 Å². The number of fused-ring (bicyclic) bond motifs is 1. The molecule has 2 aliphatic rings. The molecule has 19 heavy (non-hydrogen) atoms. The Labute approximate surface area is 113 Å². The molecule has 0 saturated heterocycles. The van der Waals surface area contributed by atoms with Gasteiger partial charge in [0.15, 0.2) is 11.5 Å². The van der Waals surface area contributed by atoms with E-state index in [-0.39, 0.29) is 5.41 Å². The molecule has 0 bridgehead atoms. The van der Waals surface area contributed by atoms with Crippen molar-refractivity contribution in [3.05, 3.63) is 23.8 Å². The lowest BCUT2D eigenvalue weighted by atomic mass is 9.69. The summed E-state index contributed by atoms with van der Waals surface area (Å²) in [4.78, 5) is 0. The first kappa shape index (κ1) is 12.8. The van der Waals surface area contributed by atoms with Crippen molar-refractivity contribution in [1.82, 2.24) is 5.32 Å². The highest BCUT2D eigenvalue weighted by Crippen LogP contribution is 2.39. The number of benzene rings is 1. The Morgan fingerprint density at radius 1 is 1.21 bits per heavy atom. The quantitative estimate of drug-likeness (QED) is 0.767. The fourth-order valence-electron chi connectivity index (χ4n) is 2.75. The summed E-state index contributed by atoms with van der Waals surface area (Å²) in [5.41, 5.74) is 1.41. The van der Waals surface area contributed by atoms with Gasteiger partial charge >= 0.3 is 0 Å². The summed E-state index contributed by atoms with van der Waals surface area (Å²) < 4.78 is 10.7. The third-order valence-electron chi connectivity index (χ3n) is 4.28. The predicted octanol–water partition coefficient (Wildman–Crippen LogP) is 1.71. The highest BCUT2D eigenvalue weighted by atomic mass is 16.7. The first-order valence-electron chi connectivity index (χ1n) is 7.01. The fraction of sp³-hybridized carbons (Fsp3) is 0.600. The van der Waals surface area contributed by atoms with Crippen molar-refractivity contribution in [2.45, 2.75) is 25.7 Å². The molecule has 0 amide bonds. The number of nitrogens with one attached hydrogen (secondary N) is 1. The minimum absolute atomic E-state index is 0.162. The lowest BCUT2D eigenvalue weighted by molar-refractivity contribution is 0.0451. The van der Waals surface area contributed by atoms with Gasteiger partial charge in [0.1, 0.15) is 0 Å². The number of aliphatic hydroxyl groups excluding tert-OH is 1. The molecule has 1 aromatic rings. The maximum Gasteiger partial charge on any atom is 0.231 e. The topological polar surface area (TPSA) is 50.7 Å². The van der Waals surface area contributed by atoms with Crippen LogP contribution in [-0.4, -0.2) is 31.6 Å². The van der Waals surface area contributed by atoms with Crippen molar-refractivity contribution in [1.29, 1.82) is 0 Å². The van der Waals surface area contributed by atoms with Crippen LogP contribution < -0.4 is 14.8 Å². The highest BCUT2D eigenvalue weighted by Gasteiger charge is 2.35. The van der Waals surface area contributed by atoms with Crippen LogP contribution in [0.25, 0.3) is 0 Å². The molecule has 4 heteroatoms. The Balaban J connectivity index is 1.45. The average molecular weight is 263 g/mol. The van der Waals surface area contributed by atoms with Gasteiger partial charge in [-0.2, -0.15) is 0 Å². The molecule has 1 aromatic carbocycles. The van der Waals surface area contributed by atoms with Crippen LogP contribution in [0, 0.1) is 5.41 Å². The molecule has 0 atom stereocenters. The Kier molecular flexibility index (Phi) is 3.62. The Morgan fingerprint density at radius 3 is 2.79 bits per heavy atom. The zero-order chi connectivity index (χ0) is 13.1. The van der Waals surface area contributed by atoms with E-state index in [1.165, 1.54) is 12.0 Å². The van der Waals surface area contributed by atoms with Gasteiger partial charge in [0.25, 0.3) is 0 Å². The average Bonchev–Trinajstić information content (AvgIpc) is 2.84. The molecule has 2 N–H and O–H groups in total. The molecule has 0 radical (unpaired) electrons. The van der Waals surface area contributed by atoms with Crippen molar-refractivity contribution >= 4 is 0 Å². The number of aliphatic hydroxyl groups is 1. The molecule has 0 spiro atoms. The molecule has 3 rings (SSSR count). The summed E-state index contributed by atoms with van der Waals surface area (Å²) >= 11 is 0. The number of ether oxygens (including phenoxy) is 2. The van der Waals surface area contributed by atoms with E-state index in [9.17, 15) is 5.11 Å². The van der Waals surface area contributed by atoms with E-state index in [1.54, 1.807) is 0 Å². The van der Waals surface area contributed by atoms with Gasteiger partial charge < -0.3 is 19.9 Å². The minimum atomic E-state index is 0.162. The van der Waals surface area contributed by atoms with E-state index in [2.05, 4.69) is 17.4 Å². The fourth-order valence-corrected chi connectivity index (χ4v) is 2.75. The second-order valence-corrected chi connectivity index (χ2v) is 5.63. The molecule has 1 fully saturated rings. The molecule has 1 aliphatic carbocycles. The largest absolute Gasteiger partial charge is 0.454 e. The van der Waals surface area contributed by atoms with Gasteiger partial charge in [-0.15, -0.1) is 0 Å². The summed E-state index contributed by atoms with van der Waals surface area (Å²) in [6, 6.07) is 6.11. The molecule has 1 heterocycles. The maximum atomic E-state index is 9.39. The lowest BCUT2D eigenvalue weighted by Crippen LogP contribution is -2.43. The van der Waals surface area contributed by atoms with Crippen molar-refractivity contribution in [3.8, 4) is 11.5 Å². The normalized spacial score (nSPS) is 19.2. The van der Waals surface area contributed by atoms with Crippen LogP contribution in [0.5, 0.6) is 11.5 Å². The van der Waals surface area contributed by atoms with Crippen molar-refractivity contribution in [2.75, 3.05) is 26.5 Å². The maximum absolute atomic E-state index is 9.39. The third kappa shape index (κ3) is 2.69. The highest BCUT2D eigenvalue weighted by molar-refractivity contribution is 5.44. The zero-order valence-corrected chi connectivity index (χ0v) is 11.2. The van der Waals surface area contributed by atoms with Crippen molar-refractivity contribution in [3.63, 3.8) is 0 Å². The number of rotatable bonds is 6. The van der Waals surface area contributed by atoms with Gasteiger partial charge in [-0.05, 0) is 43.5 Å². The molecule has 0 unspecified atom stereocenters. The van der Waals surface area contributed by atoms with Crippen LogP contribution in [0.4, 0.5) is 0 Å². The standard InChI is InChI=1S/C15H21NO3/c17-10-15(5-1-6-15)9-16-7-4-12-2-3-13-14(8-12)19-11-18-13/h2-3,8,16-17H,1,4-7,9-11H2. The second-order valence-electron chi connectivity index (χ2n) is 5.63. The monoisotopic (exact) mass is 263 g/mol. The van der Waals surface area contributed by atoms with Gasteiger partial charge in [0, 0.05) is 18.6 Å². The van der Waals surface area contributed by atoms with Gasteiger partial charge in [-0.25, -0.2) is 0 Å². The molecule has 1 aliphatic heterocycles. The van der Waals surface area contributed by atoms with Crippen LogP contribution >= 0.6 is 0 Å². The van der Waals surface area contributed by atoms with Gasteiger partial charge in [-0.3, -0.25) is 0 Å². The van der Waals surface area contributed by atoms with Gasteiger partial charge in [0.2, 0.25) is 6.79 Å². The van der Waals surface area contributed by atoms with Crippen LogP contribution in [0.2, 0.25) is 0 Å². The van der Waals surface area contributed by atoms with Crippen molar-refractivity contribution < 1.29 is 14.6 Å². The molecule has 1 saturated carbocycles. The van der Waals surface area contributed by atoms with Crippen LogP contribution in [-0.2, 0) is 6.42 Å². The lowest BCUT2D eigenvalue weighted by Gasteiger charge is -2.40. The Hall–Kier alpha value is -1.26. The molecule has 104 valence electrons. The Morgan fingerprint density at radius 2 is 2.05 bits per heavy atom. The Bertz CT molecular complexity index is 438. The van der Waals surface area contributed by atoms with E-state index in [0.29, 0.717) is 13.4 Å². The molecule has 0 aromatic heterocycles. The molecular formula is C15H21NO3. The smallest absolute Gasteiger partial charge is 0.231 e. The summed E-state index contributed by atoms with van der Waals surface area (Å²) in [5, 5.41) is 12.9. The van der Waals surface area contributed by atoms with Gasteiger partial charge in [-0.1, -0.05) is 12.5 Å². The van der Waals surface area contributed by atoms with Crippen LogP contribution in [0.3, 0.4) is 0 Å². The summed E-state index contributed by atoms with van der Waals surface area (Å²) in [5.74, 6) is 1.69. The molecular weight excluding hydrogens is 242 g/mol. The number of hydrogen-bond acceptors (Lipinski definition) is 4.